The fourth-order valence-corrected chi connectivity index (χ4v) is 3.46. The standard InChI is InChI=1S/C27H31N3O4/c1-19-8-6-7-9-24(19)21-10-12-22(13-11-21)27(32)30(28-20(2)31)23-14-15-25(33-5)26(18-23)34-17-16-29(3)4/h6-15,18H,16-17H2,1-5H3,(H,28,31). The molecule has 0 saturated carbocycles. The number of aryl methyl sites for hydroxylation is 1. The van der Waals surface area contributed by atoms with Crippen LogP contribution in [0.3, 0.4) is 0 Å². The number of ether oxygens (including phenoxy) is 2. The number of hydrogen-bond donors (Lipinski definition) is 1. The van der Waals surface area contributed by atoms with E-state index in [-0.39, 0.29) is 11.8 Å². The average Bonchev–Trinajstić information content (AvgIpc) is 2.82. The van der Waals surface area contributed by atoms with Gasteiger partial charge in [0, 0.05) is 25.1 Å². The number of hydrogen-bond acceptors (Lipinski definition) is 5. The van der Waals surface area contributed by atoms with Crippen molar-refractivity contribution < 1.29 is 19.1 Å². The molecule has 0 aliphatic carbocycles. The molecule has 0 unspecified atom stereocenters. The Bertz CT molecular complexity index is 1140. The van der Waals surface area contributed by atoms with Crippen LogP contribution in [0.25, 0.3) is 11.1 Å². The molecule has 0 spiro atoms. The molecule has 2 amide bonds. The van der Waals surface area contributed by atoms with Crippen LogP contribution in [0.2, 0.25) is 0 Å². The summed E-state index contributed by atoms with van der Waals surface area (Å²) < 4.78 is 11.3. The van der Waals surface area contributed by atoms with Gasteiger partial charge >= 0.3 is 0 Å². The first kappa shape index (κ1) is 24.8. The molecular formula is C27H31N3O4. The van der Waals surface area contributed by atoms with Crippen molar-refractivity contribution in [3.05, 3.63) is 77.9 Å². The molecule has 0 aromatic heterocycles. The third-order valence-electron chi connectivity index (χ3n) is 5.26. The maximum Gasteiger partial charge on any atom is 0.277 e. The first-order chi connectivity index (χ1) is 16.3. The van der Waals surface area contributed by atoms with Crippen molar-refractivity contribution in [1.29, 1.82) is 0 Å². The van der Waals surface area contributed by atoms with Gasteiger partial charge in [0.15, 0.2) is 11.5 Å². The van der Waals surface area contributed by atoms with Crippen molar-refractivity contribution in [3.8, 4) is 22.6 Å². The number of carbonyl (C=O) groups excluding carboxylic acids is 2. The summed E-state index contributed by atoms with van der Waals surface area (Å²) in [6.07, 6.45) is 0. The highest BCUT2D eigenvalue weighted by Crippen LogP contribution is 2.32. The van der Waals surface area contributed by atoms with Gasteiger partial charge in [0.25, 0.3) is 5.91 Å². The van der Waals surface area contributed by atoms with Crippen molar-refractivity contribution in [1.82, 2.24) is 10.3 Å². The zero-order valence-electron chi connectivity index (χ0n) is 20.3. The summed E-state index contributed by atoms with van der Waals surface area (Å²) >= 11 is 0. The number of amides is 2. The zero-order valence-corrected chi connectivity index (χ0v) is 20.3. The number of nitrogens with zero attached hydrogens (tertiary/aromatic N) is 2. The van der Waals surface area contributed by atoms with E-state index in [1.807, 2.05) is 49.3 Å². The molecule has 7 heteroatoms. The van der Waals surface area contributed by atoms with Crippen molar-refractivity contribution in [2.75, 3.05) is 39.4 Å². The third-order valence-corrected chi connectivity index (χ3v) is 5.26. The predicted molar refractivity (Wildman–Crippen MR) is 134 cm³/mol. The minimum atomic E-state index is -0.365. The second kappa shape index (κ2) is 11.3. The smallest absolute Gasteiger partial charge is 0.277 e. The fraction of sp³-hybridized carbons (Fsp3) is 0.259. The number of anilines is 1. The average molecular weight is 462 g/mol. The SMILES string of the molecule is COc1ccc(N(NC(C)=O)C(=O)c2ccc(-c3ccccc3C)cc2)cc1OCCN(C)C. The summed E-state index contributed by atoms with van der Waals surface area (Å²) in [4.78, 5) is 27.3. The Balaban J connectivity index is 1.90. The minimum Gasteiger partial charge on any atom is -0.493 e. The predicted octanol–water partition coefficient (Wildman–Crippen LogP) is 4.31. The molecule has 3 aromatic carbocycles. The van der Waals surface area contributed by atoms with E-state index in [1.54, 1.807) is 37.4 Å². The molecule has 3 aromatic rings. The van der Waals surface area contributed by atoms with Crippen LogP contribution >= 0.6 is 0 Å². The molecule has 0 heterocycles. The molecule has 34 heavy (non-hydrogen) atoms. The van der Waals surface area contributed by atoms with Crippen LogP contribution < -0.4 is 19.9 Å². The molecule has 0 radical (unpaired) electrons. The highest BCUT2D eigenvalue weighted by atomic mass is 16.5. The summed E-state index contributed by atoms with van der Waals surface area (Å²) in [7, 11) is 5.47. The van der Waals surface area contributed by atoms with Gasteiger partial charge in [-0.05, 0) is 62.0 Å². The van der Waals surface area contributed by atoms with Crippen LogP contribution in [-0.4, -0.2) is 51.1 Å². The van der Waals surface area contributed by atoms with E-state index in [0.717, 1.165) is 23.2 Å². The van der Waals surface area contributed by atoms with Gasteiger partial charge in [0.2, 0.25) is 5.91 Å². The maximum atomic E-state index is 13.4. The molecule has 0 aliphatic rings. The van der Waals surface area contributed by atoms with Crippen LogP contribution in [0.4, 0.5) is 5.69 Å². The summed E-state index contributed by atoms with van der Waals surface area (Å²) in [5.41, 5.74) is 6.81. The van der Waals surface area contributed by atoms with Crippen LogP contribution in [0.15, 0.2) is 66.7 Å². The molecule has 0 atom stereocenters. The second-order valence-electron chi connectivity index (χ2n) is 8.19. The highest BCUT2D eigenvalue weighted by molar-refractivity contribution is 6.07. The van der Waals surface area contributed by atoms with Gasteiger partial charge in [0.05, 0.1) is 12.8 Å². The van der Waals surface area contributed by atoms with E-state index in [0.29, 0.717) is 29.4 Å². The van der Waals surface area contributed by atoms with Gasteiger partial charge in [0.1, 0.15) is 6.61 Å². The molecule has 0 aliphatic heterocycles. The minimum absolute atomic E-state index is 0.365. The maximum absolute atomic E-state index is 13.4. The van der Waals surface area contributed by atoms with E-state index in [2.05, 4.69) is 18.4 Å². The van der Waals surface area contributed by atoms with Crippen LogP contribution in [0.5, 0.6) is 11.5 Å². The van der Waals surface area contributed by atoms with Gasteiger partial charge in [-0.3, -0.25) is 15.0 Å². The summed E-state index contributed by atoms with van der Waals surface area (Å²) in [6, 6.07) is 20.5. The van der Waals surface area contributed by atoms with Crippen LogP contribution in [-0.2, 0) is 4.79 Å². The molecular weight excluding hydrogens is 430 g/mol. The lowest BCUT2D eigenvalue weighted by Crippen LogP contribution is -2.45. The molecule has 7 nitrogen and oxygen atoms in total. The van der Waals surface area contributed by atoms with E-state index in [1.165, 1.54) is 11.9 Å². The van der Waals surface area contributed by atoms with Gasteiger partial charge < -0.3 is 14.4 Å². The summed E-state index contributed by atoms with van der Waals surface area (Å²) in [5.74, 6) is 0.298. The number of carbonyl (C=O) groups is 2. The van der Waals surface area contributed by atoms with Crippen LogP contribution in [0.1, 0.15) is 22.8 Å². The van der Waals surface area contributed by atoms with E-state index < -0.39 is 0 Å². The van der Waals surface area contributed by atoms with Crippen molar-refractivity contribution in [2.45, 2.75) is 13.8 Å². The van der Waals surface area contributed by atoms with Crippen molar-refractivity contribution >= 4 is 17.5 Å². The molecule has 0 saturated heterocycles. The lowest BCUT2D eigenvalue weighted by Gasteiger charge is -2.24. The van der Waals surface area contributed by atoms with Gasteiger partial charge in [-0.25, -0.2) is 5.01 Å². The number of hydrazine groups is 1. The summed E-state index contributed by atoms with van der Waals surface area (Å²) in [6.45, 7) is 4.57. The Morgan fingerprint density at radius 2 is 1.65 bits per heavy atom. The Kier molecular flexibility index (Phi) is 8.27. The van der Waals surface area contributed by atoms with E-state index >= 15 is 0 Å². The lowest BCUT2D eigenvalue weighted by molar-refractivity contribution is -0.119. The highest BCUT2D eigenvalue weighted by Gasteiger charge is 2.21. The fourth-order valence-electron chi connectivity index (χ4n) is 3.46. The Labute approximate surface area is 200 Å². The zero-order chi connectivity index (χ0) is 24.7. The number of likely N-dealkylation sites (N-methyl/N-ethyl adjacent to an activating group) is 1. The molecule has 178 valence electrons. The summed E-state index contributed by atoms with van der Waals surface area (Å²) in [5, 5.41) is 1.23. The molecule has 3 rings (SSSR count). The number of nitrogens with one attached hydrogen (secondary N) is 1. The monoisotopic (exact) mass is 461 g/mol. The first-order valence-electron chi connectivity index (χ1n) is 11.0. The molecule has 1 N–H and O–H groups in total. The van der Waals surface area contributed by atoms with Crippen molar-refractivity contribution in [2.24, 2.45) is 0 Å². The lowest BCUT2D eigenvalue weighted by atomic mass is 9.99. The first-order valence-corrected chi connectivity index (χ1v) is 11.0. The van der Waals surface area contributed by atoms with Gasteiger partial charge in [-0.2, -0.15) is 0 Å². The van der Waals surface area contributed by atoms with Crippen molar-refractivity contribution in [3.63, 3.8) is 0 Å². The third kappa shape index (κ3) is 6.14. The van der Waals surface area contributed by atoms with Crippen LogP contribution in [0, 0.1) is 6.92 Å². The number of rotatable bonds is 8. The second-order valence-corrected chi connectivity index (χ2v) is 8.19. The normalized spacial score (nSPS) is 10.6. The molecule has 0 bridgehead atoms. The Morgan fingerprint density at radius 3 is 2.26 bits per heavy atom. The Morgan fingerprint density at radius 1 is 0.941 bits per heavy atom. The largest absolute Gasteiger partial charge is 0.493 e. The van der Waals surface area contributed by atoms with Gasteiger partial charge in [-0.15, -0.1) is 0 Å². The Hall–Kier alpha value is -3.84. The number of methoxy groups -OCH3 is 1. The molecule has 0 fully saturated rings. The topological polar surface area (TPSA) is 71.1 Å². The van der Waals surface area contributed by atoms with E-state index in [4.69, 9.17) is 9.47 Å². The quantitative estimate of drug-likeness (QED) is 0.506. The van der Waals surface area contributed by atoms with Gasteiger partial charge in [-0.1, -0.05) is 36.4 Å². The number of benzene rings is 3. The van der Waals surface area contributed by atoms with E-state index in [9.17, 15) is 9.59 Å².